The van der Waals surface area contributed by atoms with Gasteiger partial charge in [-0.2, -0.15) is 0 Å². The van der Waals surface area contributed by atoms with Gasteiger partial charge >= 0.3 is 0 Å². The second-order valence-corrected chi connectivity index (χ2v) is 8.42. The third-order valence-electron chi connectivity index (χ3n) is 5.88. The highest BCUT2D eigenvalue weighted by Crippen LogP contribution is 2.27. The van der Waals surface area contributed by atoms with Crippen LogP contribution in [0.3, 0.4) is 0 Å². The Morgan fingerprint density at radius 1 is 0.970 bits per heavy atom. The predicted octanol–water partition coefficient (Wildman–Crippen LogP) is 4.48. The highest BCUT2D eigenvalue weighted by molar-refractivity contribution is 6.06. The van der Waals surface area contributed by atoms with Crippen LogP contribution in [-0.2, 0) is 9.59 Å². The van der Waals surface area contributed by atoms with Gasteiger partial charge in [-0.05, 0) is 49.7 Å². The standard InChI is InChI=1S/C27H27N3O3/c1-18-11-13-23(14-12-18)29-26(32)21-9-6-10-24(15-21)30-17-22(16-25(30)31)27(33)28-19(2)20-7-4-3-5-8-20/h3-15,19,22H,16-17H2,1-2H3,(H,28,33)(H,29,32)/t19-,22-/m1/s1. The maximum absolute atomic E-state index is 12.8. The fourth-order valence-corrected chi connectivity index (χ4v) is 3.94. The lowest BCUT2D eigenvalue weighted by molar-refractivity contribution is -0.126. The van der Waals surface area contributed by atoms with Crippen molar-refractivity contribution in [3.8, 4) is 0 Å². The van der Waals surface area contributed by atoms with Gasteiger partial charge in [-0.25, -0.2) is 0 Å². The van der Waals surface area contributed by atoms with Gasteiger partial charge in [0.15, 0.2) is 0 Å². The Hall–Kier alpha value is -3.93. The molecule has 0 saturated carbocycles. The number of carbonyl (C=O) groups is 3. The summed E-state index contributed by atoms with van der Waals surface area (Å²) in [5, 5.41) is 5.88. The quantitative estimate of drug-likeness (QED) is 0.592. The van der Waals surface area contributed by atoms with Crippen molar-refractivity contribution in [2.45, 2.75) is 26.3 Å². The first-order valence-electron chi connectivity index (χ1n) is 11.0. The molecule has 1 fully saturated rings. The highest BCUT2D eigenvalue weighted by Gasteiger charge is 2.35. The summed E-state index contributed by atoms with van der Waals surface area (Å²) in [6, 6.07) is 24.1. The minimum Gasteiger partial charge on any atom is -0.349 e. The van der Waals surface area contributed by atoms with Crippen molar-refractivity contribution in [3.05, 3.63) is 95.6 Å². The number of nitrogens with zero attached hydrogens (tertiary/aromatic N) is 1. The number of hydrogen-bond acceptors (Lipinski definition) is 3. The molecule has 3 amide bonds. The summed E-state index contributed by atoms with van der Waals surface area (Å²) in [7, 11) is 0. The SMILES string of the molecule is Cc1ccc(NC(=O)c2cccc(N3C[C@H](C(=O)N[C@H](C)c4ccccc4)CC3=O)c2)cc1. The number of carbonyl (C=O) groups excluding carboxylic acids is 3. The number of anilines is 2. The van der Waals surface area contributed by atoms with Crippen LogP contribution in [0.4, 0.5) is 11.4 Å². The first kappa shape index (κ1) is 22.3. The van der Waals surface area contributed by atoms with E-state index in [1.807, 2.05) is 68.4 Å². The zero-order valence-corrected chi connectivity index (χ0v) is 18.7. The Balaban J connectivity index is 1.42. The Morgan fingerprint density at radius 3 is 2.42 bits per heavy atom. The number of rotatable bonds is 6. The van der Waals surface area contributed by atoms with Gasteiger partial charge in [0.2, 0.25) is 11.8 Å². The highest BCUT2D eigenvalue weighted by atomic mass is 16.2. The first-order valence-corrected chi connectivity index (χ1v) is 11.0. The third-order valence-corrected chi connectivity index (χ3v) is 5.88. The van der Waals surface area contributed by atoms with Crippen molar-refractivity contribution in [1.29, 1.82) is 0 Å². The molecule has 0 aromatic heterocycles. The lowest BCUT2D eigenvalue weighted by Gasteiger charge is -2.19. The first-order chi connectivity index (χ1) is 15.9. The Morgan fingerprint density at radius 2 is 1.70 bits per heavy atom. The summed E-state index contributed by atoms with van der Waals surface area (Å²) in [5.41, 5.74) is 3.89. The molecular weight excluding hydrogens is 414 g/mol. The topological polar surface area (TPSA) is 78.5 Å². The van der Waals surface area contributed by atoms with Crippen molar-refractivity contribution in [2.24, 2.45) is 5.92 Å². The molecule has 3 aromatic rings. The van der Waals surface area contributed by atoms with Crippen LogP contribution >= 0.6 is 0 Å². The predicted molar refractivity (Wildman–Crippen MR) is 129 cm³/mol. The van der Waals surface area contributed by atoms with E-state index >= 15 is 0 Å². The summed E-state index contributed by atoms with van der Waals surface area (Å²) in [5.74, 6) is -0.957. The van der Waals surface area contributed by atoms with Crippen molar-refractivity contribution in [3.63, 3.8) is 0 Å². The fourth-order valence-electron chi connectivity index (χ4n) is 3.94. The smallest absolute Gasteiger partial charge is 0.255 e. The van der Waals surface area contributed by atoms with Crippen LogP contribution in [-0.4, -0.2) is 24.3 Å². The molecule has 168 valence electrons. The molecule has 6 heteroatoms. The summed E-state index contributed by atoms with van der Waals surface area (Å²) >= 11 is 0. The van der Waals surface area contributed by atoms with Crippen molar-refractivity contribution < 1.29 is 14.4 Å². The number of benzene rings is 3. The Kier molecular flexibility index (Phi) is 6.54. The summed E-state index contributed by atoms with van der Waals surface area (Å²) in [6.07, 6.45) is 0.146. The van der Waals surface area contributed by atoms with Gasteiger partial charge in [0, 0.05) is 29.9 Å². The monoisotopic (exact) mass is 441 g/mol. The minimum atomic E-state index is -0.436. The number of nitrogens with one attached hydrogen (secondary N) is 2. The van der Waals surface area contributed by atoms with E-state index in [1.165, 1.54) is 0 Å². The molecular formula is C27H27N3O3. The lowest BCUT2D eigenvalue weighted by Crippen LogP contribution is -2.34. The van der Waals surface area contributed by atoms with Crippen molar-refractivity contribution in [2.75, 3.05) is 16.8 Å². The van der Waals surface area contributed by atoms with Gasteiger partial charge in [0.1, 0.15) is 0 Å². The number of aryl methyl sites for hydroxylation is 1. The van der Waals surface area contributed by atoms with Crippen LogP contribution < -0.4 is 15.5 Å². The van der Waals surface area contributed by atoms with Crippen molar-refractivity contribution >= 4 is 29.1 Å². The largest absolute Gasteiger partial charge is 0.349 e. The molecule has 1 heterocycles. The number of amides is 3. The maximum atomic E-state index is 12.8. The van der Waals surface area contributed by atoms with E-state index in [2.05, 4.69) is 10.6 Å². The fraction of sp³-hybridized carbons (Fsp3) is 0.222. The average Bonchev–Trinajstić information content (AvgIpc) is 3.23. The average molecular weight is 442 g/mol. The van der Waals surface area contributed by atoms with Gasteiger partial charge in [-0.1, -0.05) is 54.1 Å². The van der Waals surface area contributed by atoms with Crippen LogP contribution in [0, 0.1) is 12.8 Å². The lowest BCUT2D eigenvalue weighted by atomic mass is 10.1. The number of hydrogen-bond donors (Lipinski definition) is 2. The maximum Gasteiger partial charge on any atom is 0.255 e. The third kappa shape index (κ3) is 5.29. The molecule has 0 bridgehead atoms. The van der Waals surface area contributed by atoms with Crippen LogP contribution in [0.25, 0.3) is 0 Å². The second kappa shape index (κ2) is 9.69. The van der Waals surface area contributed by atoms with E-state index in [4.69, 9.17) is 0 Å². The molecule has 2 atom stereocenters. The van der Waals surface area contributed by atoms with E-state index in [-0.39, 0.29) is 36.7 Å². The van der Waals surface area contributed by atoms with E-state index in [1.54, 1.807) is 29.2 Å². The van der Waals surface area contributed by atoms with E-state index < -0.39 is 5.92 Å². The summed E-state index contributed by atoms with van der Waals surface area (Å²) < 4.78 is 0. The molecule has 1 aliphatic rings. The van der Waals surface area contributed by atoms with Crippen LogP contribution in [0.1, 0.15) is 40.9 Å². The van der Waals surface area contributed by atoms with Crippen LogP contribution in [0.15, 0.2) is 78.9 Å². The van der Waals surface area contributed by atoms with Crippen molar-refractivity contribution in [1.82, 2.24) is 5.32 Å². The zero-order chi connectivity index (χ0) is 23.4. The molecule has 1 saturated heterocycles. The van der Waals surface area contributed by atoms with E-state index in [9.17, 15) is 14.4 Å². The van der Waals surface area contributed by atoms with Crippen LogP contribution in [0.2, 0.25) is 0 Å². The summed E-state index contributed by atoms with van der Waals surface area (Å²) in [6.45, 7) is 4.20. The Bertz CT molecular complexity index is 1160. The molecule has 0 unspecified atom stereocenters. The van der Waals surface area contributed by atoms with E-state index in [0.717, 1.165) is 11.1 Å². The van der Waals surface area contributed by atoms with Gasteiger partial charge < -0.3 is 15.5 Å². The molecule has 0 aliphatic carbocycles. The molecule has 33 heavy (non-hydrogen) atoms. The zero-order valence-electron chi connectivity index (χ0n) is 18.7. The minimum absolute atomic E-state index is 0.126. The normalized spacial score (nSPS) is 16.4. The summed E-state index contributed by atoms with van der Waals surface area (Å²) in [4.78, 5) is 39.8. The van der Waals surface area contributed by atoms with Gasteiger partial charge in [0.25, 0.3) is 5.91 Å². The molecule has 0 radical (unpaired) electrons. The van der Waals surface area contributed by atoms with E-state index in [0.29, 0.717) is 16.9 Å². The Labute approximate surface area is 193 Å². The van der Waals surface area contributed by atoms with Gasteiger partial charge in [-0.15, -0.1) is 0 Å². The molecule has 3 aromatic carbocycles. The van der Waals surface area contributed by atoms with Crippen LogP contribution in [0.5, 0.6) is 0 Å². The molecule has 4 rings (SSSR count). The second-order valence-electron chi connectivity index (χ2n) is 8.42. The molecule has 1 aliphatic heterocycles. The van der Waals surface area contributed by atoms with Gasteiger partial charge in [0.05, 0.1) is 12.0 Å². The molecule has 2 N–H and O–H groups in total. The van der Waals surface area contributed by atoms with Gasteiger partial charge in [-0.3, -0.25) is 14.4 Å². The molecule has 0 spiro atoms. The molecule has 6 nitrogen and oxygen atoms in total.